The number of nitrogens with zero attached hydrogens (tertiary/aromatic N) is 2. The van der Waals surface area contributed by atoms with Crippen molar-refractivity contribution in [1.82, 2.24) is 10.1 Å². The third-order valence-corrected chi connectivity index (χ3v) is 3.51. The summed E-state index contributed by atoms with van der Waals surface area (Å²) >= 11 is 0. The van der Waals surface area contributed by atoms with E-state index in [1.54, 1.807) is 0 Å². The van der Waals surface area contributed by atoms with E-state index in [0.717, 1.165) is 25.5 Å². The lowest BCUT2D eigenvalue weighted by Crippen LogP contribution is -2.19. The molecule has 2 atom stereocenters. The van der Waals surface area contributed by atoms with Gasteiger partial charge in [-0.2, -0.15) is 4.98 Å². The zero-order valence-electron chi connectivity index (χ0n) is 10.6. The van der Waals surface area contributed by atoms with Crippen molar-refractivity contribution >= 4 is 0 Å². The molecule has 1 aromatic heterocycles. The molecule has 1 fully saturated rings. The fraction of sp³-hybridized carbons (Fsp3) is 0.846. The summed E-state index contributed by atoms with van der Waals surface area (Å²) < 4.78 is 10.9. The van der Waals surface area contributed by atoms with Gasteiger partial charge in [0.15, 0.2) is 6.33 Å². The zero-order chi connectivity index (χ0) is 11.9. The van der Waals surface area contributed by atoms with Gasteiger partial charge in [-0.3, -0.25) is 0 Å². The summed E-state index contributed by atoms with van der Waals surface area (Å²) in [6, 6.07) is 0. The molecule has 0 saturated heterocycles. The molecule has 4 heteroatoms. The second-order valence-corrected chi connectivity index (χ2v) is 4.94. The van der Waals surface area contributed by atoms with Crippen LogP contribution in [0.15, 0.2) is 10.9 Å². The van der Waals surface area contributed by atoms with Crippen molar-refractivity contribution in [2.45, 2.75) is 51.4 Å². The van der Waals surface area contributed by atoms with Gasteiger partial charge in [-0.1, -0.05) is 24.9 Å². The summed E-state index contributed by atoms with van der Waals surface area (Å²) in [6.07, 6.45) is 8.69. The van der Waals surface area contributed by atoms with E-state index in [-0.39, 0.29) is 0 Å². The van der Waals surface area contributed by atoms with Crippen LogP contribution in [0, 0.1) is 5.92 Å². The highest BCUT2D eigenvalue weighted by molar-refractivity contribution is 4.92. The third kappa shape index (κ3) is 3.80. The van der Waals surface area contributed by atoms with Gasteiger partial charge < -0.3 is 9.26 Å². The normalized spacial score (nSPS) is 25.0. The van der Waals surface area contributed by atoms with Crippen LogP contribution >= 0.6 is 0 Å². The Kier molecular flexibility index (Phi) is 4.98. The van der Waals surface area contributed by atoms with E-state index in [2.05, 4.69) is 17.1 Å². The lowest BCUT2D eigenvalue weighted by Gasteiger charge is -2.26. The van der Waals surface area contributed by atoms with Gasteiger partial charge in [0, 0.05) is 19.1 Å². The van der Waals surface area contributed by atoms with Crippen LogP contribution in [0.2, 0.25) is 0 Å². The van der Waals surface area contributed by atoms with Crippen LogP contribution in [0.4, 0.5) is 0 Å². The first kappa shape index (κ1) is 12.6. The van der Waals surface area contributed by atoms with Gasteiger partial charge in [-0.05, 0) is 31.6 Å². The Bertz CT molecular complexity index is 300. The van der Waals surface area contributed by atoms with Crippen molar-refractivity contribution in [2.24, 2.45) is 5.92 Å². The first-order chi connectivity index (χ1) is 8.40. The molecule has 0 spiro atoms. The fourth-order valence-corrected chi connectivity index (χ4v) is 2.52. The van der Waals surface area contributed by atoms with E-state index >= 15 is 0 Å². The molecule has 0 radical (unpaired) electrons. The van der Waals surface area contributed by atoms with Crippen molar-refractivity contribution in [2.75, 3.05) is 13.2 Å². The van der Waals surface area contributed by atoms with Crippen LogP contribution in [-0.2, 0) is 4.74 Å². The Morgan fingerprint density at radius 1 is 1.47 bits per heavy atom. The lowest BCUT2D eigenvalue weighted by atomic mass is 9.82. The predicted molar refractivity (Wildman–Crippen MR) is 64.7 cm³/mol. The minimum absolute atomic E-state index is 0.450. The Hall–Kier alpha value is -0.900. The van der Waals surface area contributed by atoms with Crippen LogP contribution in [0.3, 0.4) is 0 Å². The van der Waals surface area contributed by atoms with Gasteiger partial charge >= 0.3 is 0 Å². The second kappa shape index (κ2) is 6.74. The standard InChI is InChI=1S/C13H22N2O2/c1-2-3-7-16-9-11-5-4-6-12(8-11)13-14-10-15-17-13/h10-12H,2-9H2,1H3. The van der Waals surface area contributed by atoms with Crippen LogP contribution < -0.4 is 0 Å². The van der Waals surface area contributed by atoms with Crippen molar-refractivity contribution in [3.63, 3.8) is 0 Å². The number of unbranched alkanes of at least 4 members (excludes halogenated alkanes) is 1. The van der Waals surface area contributed by atoms with E-state index < -0.39 is 0 Å². The maximum absolute atomic E-state index is 5.71. The number of ether oxygens (including phenoxy) is 1. The molecule has 1 aliphatic rings. The lowest BCUT2D eigenvalue weighted by molar-refractivity contribution is 0.0771. The molecule has 0 bridgehead atoms. The Morgan fingerprint density at radius 3 is 3.18 bits per heavy atom. The first-order valence-corrected chi connectivity index (χ1v) is 6.74. The van der Waals surface area contributed by atoms with Crippen molar-refractivity contribution < 1.29 is 9.26 Å². The van der Waals surface area contributed by atoms with Gasteiger partial charge in [0.2, 0.25) is 5.89 Å². The quantitative estimate of drug-likeness (QED) is 0.714. The number of hydrogen-bond acceptors (Lipinski definition) is 4. The highest BCUT2D eigenvalue weighted by atomic mass is 16.5. The summed E-state index contributed by atoms with van der Waals surface area (Å²) in [4.78, 5) is 4.17. The molecular weight excluding hydrogens is 216 g/mol. The highest BCUT2D eigenvalue weighted by Gasteiger charge is 2.26. The number of hydrogen-bond donors (Lipinski definition) is 0. The van der Waals surface area contributed by atoms with Gasteiger partial charge in [0.25, 0.3) is 0 Å². The maximum Gasteiger partial charge on any atom is 0.229 e. The molecule has 0 aromatic carbocycles. The zero-order valence-corrected chi connectivity index (χ0v) is 10.6. The predicted octanol–water partition coefficient (Wildman–Crippen LogP) is 3.16. The minimum atomic E-state index is 0.450. The van der Waals surface area contributed by atoms with Gasteiger partial charge in [-0.25, -0.2) is 0 Å². The highest BCUT2D eigenvalue weighted by Crippen LogP contribution is 2.35. The molecule has 0 amide bonds. The van der Waals surface area contributed by atoms with E-state index in [1.807, 2.05) is 0 Å². The van der Waals surface area contributed by atoms with Crippen molar-refractivity contribution in [3.8, 4) is 0 Å². The van der Waals surface area contributed by atoms with Crippen LogP contribution in [0.5, 0.6) is 0 Å². The summed E-state index contributed by atoms with van der Waals surface area (Å²) in [5.41, 5.74) is 0. The average Bonchev–Trinajstić information content (AvgIpc) is 2.89. The first-order valence-electron chi connectivity index (χ1n) is 6.74. The molecular formula is C13H22N2O2. The summed E-state index contributed by atoms with van der Waals surface area (Å²) in [7, 11) is 0. The summed E-state index contributed by atoms with van der Waals surface area (Å²) in [5, 5.41) is 3.69. The number of aromatic nitrogens is 2. The van der Waals surface area contributed by atoms with Crippen LogP contribution in [0.25, 0.3) is 0 Å². The topological polar surface area (TPSA) is 48.2 Å². The van der Waals surface area contributed by atoms with Gasteiger partial charge in [0.05, 0.1) is 0 Å². The minimum Gasteiger partial charge on any atom is -0.381 e. The maximum atomic E-state index is 5.71. The Balaban J connectivity index is 1.73. The van der Waals surface area contributed by atoms with Gasteiger partial charge in [0.1, 0.15) is 0 Å². The Labute approximate surface area is 103 Å². The van der Waals surface area contributed by atoms with E-state index in [1.165, 1.54) is 38.4 Å². The molecule has 1 saturated carbocycles. The second-order valence-electron chi connectivity index (χ2n) is 4.94. The molecule has 1 aromatic rings. The van der Waals surface area contributed by atoms with Crippen LogP contribution in [-0.4, -0.2) is 23.4 Å². The number of rotatable bonds is 6. The molecule has 96 valence electrons. The van der Waals surface area contributed by atoms with E-state index in [0.29, 0.717) is 11.8 Å². The molecule has 1 heterocycles. The smallest absolute Gasteiger partial charge is 0.229 e. The Morgan fingerprint density at radius 2 is 2.41 bits per heavy atom. The average molecular weight is 238 g/mol. The molecule has 1 aliphatic carbocycles. The van der Waals surface area contributed by atoms with E-state index in [4.69, 9.17) is 9.26 Å². The molecule has 2 unspecified atom stereocenters. The van der Waals surface area contributed by atoms with Crippen molar-refractivity contribution in [3.05, 3.63) is 12.2 Å². The molecule has 4 nitrogen and oxygen atoms in total. The van der Waals surface area contributed by atoms with Gasteiger partial charge in [-0.15, -0.1) is 0 Å². The summed E-state index contributed by atoms with van der Waals surface area (Å²) in [5.74, 6) is 1.92. The monoisotopic (exact) mass is 238 g/mol. The summed E-state index contributed by atoms with van der Waals surface area (Å²) in [6.45, 7) is 3.98. The van der Waals surface area contributed by atoms with Crippen molar-refractivity contribution in [1.29, 1.82) is 0 Å². The molecule has 0 N–H and O–H groups in total. The fourth-order valence-electron chi connectivity index (χ4n) is 2.52. The largest absolute Gasteiger partial charge is 0.381 e. The molecule has 2 rings (SSSR count). The van der Waals surface area contributed by atoms with Crippen LogP contribution in [0.1, 0.15) is 57.3 Å². The molecule has 17 heavy (non-hydrogen) atoms. The SMILES string of the molecule is CCCCOCC1CCCC(c2ncno2)C1. The van der Waals surface area contributed by atoms with E-state index in [9.17, 15) is 0 Å². The molecule has 0 aliphatic heterocycles. The third-order valence-electron chi connectivity index (χ3n) is 3.51.